The second kappa shape index (κ2) is 5.29. The number of benzene rings is 1. The fourth-order valence-corrected chi connectivity index (χ4v) is 1.98. The van der Waals surface area contributed by atoms with Crippen molar-refractivity contribution in [3.63, 3.8) is 0 Å². The van der Waals surface area contributed by atoms with Crippen LogP contribution >= 0.6 is 0 Å². The van der Waals surface area contributed by atoms with Gasteiger partial charge < -0.3 is 0 Å². The van der Waals surface area contributed by atoms with Gasteiger partial charge >= 0.3 is 0 Å². The lowest BCUT2D eigenvalue weighted by molar-refractivity contribution is 0.438. The fraction of sp³-hybridized carbons (Fsp3) is 0.538. The molecule has 0 radical (unpaired) electrons. The highest BCUT2D eigenvalue weighted by Gasteiger charge is 2.11. The summed E-state index contributed by atoms with van der Waals surface area (Å²) in [7, 11) is 0. The van der Waals surface area contributed by atoms with Gasteiger partial charge in [-0.05, 0) is 31.7 Å². The maximum absolute atomic E-state index is 5.60. The maximum Gasteiger partial charge on any atom is 0.0462 e. The molecule has 0 aliphatic carbocycles. The summed E-state index contributed by atoms with van der Waals surface area (Å²) < 4.78 is 0. The molecule has 0 heterocycles. The van der Waals surface area contributed by atoms with Gasteiger partial charge in [0.25, 0.3) is 0 Å². The van der Waals surface area contributed by atoms with Crippen LogP contribution in [0.15, 0.2) is 18.2 Å². The molecular weight excluding hydrogens is 184 g/mol. The van der Waals surface area contributed by atoms with Crippen LogP contribution < -0.4 is 11.3 Å². The smallest absolute Gasteiger partial charge is 0.0462 e. The molecule has 15 heavy (non-hydrogen) atoms. The number of nitrogens with two attached hydrogens (primary N) is 1. The van der Waals surface area contributed by atoms with Crippen molar-refractivity contribution in [3.05, 3.63) is 34.9 Å². The molecule has 0 bridgehead atoms. The fourth-order valence-electron chi connectivity index (χ4n) is 1.98. The molecule has 0 fully saturated rings. The molecule has 0 saturated carbocycles. The SMILES string of the molecule is Cc1cc(C)cc(C(CC(C)C)NN)c1. The molecular formula is C13H22N2. The van der Waals surface area contributed by atoms with Crippen molar-refractivity contribution >= 4 is 0 Å². The molecule has 2 heteroatoms. The minimum atomic E-state index is 0.267. The van der Waals surface area contributed by atoms with E-state index in [0.29, 0.717) is 5.92 Å². The summed E-state index contributed by atoms with van der Waals surface area (Å²) in [5, 5.41) is 0. The molecule has 0 aliphatic heterocycles. The van der Waals surface area contributed by atoms with E-state index in [2.05, 4.69) is 51.3 Å². The zero-order valence-corrected chi connectivity index (χ0v) is 10.2. The first-order chi connectivity index (χ1) is 7.02. The van der Waals surface area contributed by atoms with Gasteiger partial charge in [-0.2, -0.15) is 0 Å². The number of nitrogens with one attached hydrogen (secondary N) is 1. The Kier molecular flexibility index (Phi) is 4.30. The van der Waals surface area contributed by atoms with E-state index in [-0.39, 0.29) is 6.04 Å². The lowest BCUT2D eigenvalue weighted by atomic mass is 9.95. The lowest BCUT2D eigenvalue weighted by Gasteiger charge is -2.19. The van der Waals surface area contributed by atoms with Gasteiger partial charge in [0.2, 0.25) is 0 Å². The topological polar surface area (TPSA) is 38.0 Å². The zero-order valence-electron chi connectivity index (χ0n) is 10.2. The molecule has 0 aliphatic rings. The van der Waals surface area contributed by atoms with Gasteiger partial charge in [-0.3, -0.25) is 11.3 Å². The van der Waals surface area contributed by atoms with E-state index in [0.717, 1.165) is 6.42 Å². The third-order valence-electron chi connectivity index (χ3n) is 2.55. The molecule has 1 rings (SSSR count). The van der Waals surface area contributed by atoms with Gasteiger partial charge in [0.05, 0.1) is 0 Å². The Morgan fingerprint density at radius 1 is 1.13 bits per heavy atom. The first-order valence-electron chi connectivity index (χ1n) is 5.57. The van der Waals surface area contributed by atoms with Gasteiger partial charge in [-0.25, -0.2) is 0 Å². The Balaban J connectivity index is 2.91. The maximum atomic E-state index is 5.60. The lowest BCUT2D eigenvalue weighted by Crippen LogP contribution is -2.29. The summed E-state index contributed by atoms with van der Waals surface area (Å²) in [6, 6.07) is 6.87. The highest BCUT2D eigenvalue weighted by Crippen LogP contribution is 2.22. The number of hydrogen-bond donors (Lipinski definition) is 2. The second-order valence-electron chi connectivity index (χ2n) is 4.77. The summed E-state index contributed by atoms with van der Waals surface area (Å²) in [6.45, 7) is 8.68. The van der Waals surface area contributed by atoms with Crippen LogP contribution in [0.25, 0.3) is 0 Å². The van der Waals surface area contributed by atoms with Crippen molar-refractivity contribution in [1.29, 1.82) is 0 Å². The molecule has 0 spiro atoms. The molecule has 0 saturated heterocycles. The average molecular weight is 206 g/mol. The van der Waals surface area contributed by atoms with Crippen LogP contribution in [0.2, 0.25) is 0 Å². The van der Waals surface area contributed by atoms with E-state index in [1.807, 2.05) is 0 Å². The number of hydrogen-bond acceptors (Lipinski definition) is 2. The van der Waals surface area contributed by atoms with Gasteiger partial charge in [0.15, 0.2) is 0 Å². The van der Waals surface area contributed by atoms with Crippen LogP contribution in [-0.4, -0.2) is 0 Å². The largest absolute Gasteiger partial charge is 0.271 e. The monoisotopic (exact) mass is 206 g/mol. The normalized spacial score (nSPS) is 13.2. The molecule has 0 aromatic heterocycles. The van der Waals surface area contributed by atoms with Crippen LogP contribution in [0.4, 0.5) is 0 Å². The average Bonchev–Trinajstić information content (AvgIpc) is 2.12. The standard InChI is InChI=1S/C13H22N2/c1-9(2)5-13(15-14)12-7-10(3)6-11(4)8-12/h6-9,13,15H,5,14H2,1-4H3. The summed E-state index contributed by atoms with van der Waals surface area (Å²) in [5.41, 5.74) is 6.80. The van der Waals surface area contributed by atoms with Crippen LogP contribution in [0.1, 0.15) is 43.0 Å². The molecule has 3 N–H and O–H groups in total. The Bertz CT molecular complexity index is 298. The Hall–Kier alpha value is -0.860. The molecule has 1 unspecified atom stereocenters. The molecule has 1 aromatic rings. The van der Waals surface area contributed by atoms with E-state index in [4.69, 9.17) is 5.84 Å². The van der Waals surface area contributed by atoms with E-state index < -0.39 is 0 Å². The summed E-state index contributed by atoms with van der Waals surface area (Å²) in [4.78, 5) is 0. The third kappa shape index (κ3) is 3.65. The van der Waals surface area contributed by atoms with Crippen molar-refractivity contribution in [2.24, 2.45) is 11.8 Å². The van der Waals surface area contributed by atoms with E-state index >= 15 is 0 Å². The van der Waals surface area contributed by atoms with E-state index in [9.17, 15) is 0 Å². The van der Waals surface area contributed by atoms with Gasteiger partial charge in [-0.1, -0.05) is 43.2 Å². The predicted molar refractivity (Wildman–Crippen MR) is 65.4 cm³/mol. The van der Waals surface area contributed by atoms with Gasteiger partial charge in [0, 0.05) is 6.04 Å². The van der Waals surface area contributed by atoms with E-state index in [1.165, 1.54) is 16.7 Å². The summed E-state index contributed by atoms with van der Waals surface area (Å²) in [5.74, 6) is 6.25. The van der Waals surface area contributed by atoms with Crippen molar-refractivity contribution in [1.82, 2.24) is 5.43 Å². The number of aryl methyl sites for hydroxylation is 2. The van der Waals surface area contributed by atoms with Gasteiger partial charge in [0.1, 0.15) is 0 Å². The Labute approximate surface area is 92.8 Å². The molecule has 84 valence electrons. The van der Waals surface area contributed by atoms with Crippen molar-refractivity contribution in [2.45, 2.75) is 40.2 Å². The molecule has 1 atom stereocenters. The van der Waals surface area contributed by atoms with Crippen molar-refractivity contribution in [3.8, 4) is 0 Å². The number of hydrazine groups is 1. The quantitative estimate of drug-likeness (QED) is 0.587. The third-order valence-corrected chi connectivity index (χ3v) is 2.55. The van der Waals surface area contributed by atoms with Crippen molar-refractivity contribution in [2.75, 3.05) is 0 Å². The second-order valence-corrected chi connectivity index (χ2v) is 4.77. The Morgan fingerprint density at radius 3 is 2.07 bits per heavy atom. The first-order valence-corrected chi connectivity index (χ1v) is 5.57. The number of rotatable bonds is 4. The first kappa shape index (κ1) is 12.2. The summed E-state index contributed by atoms with van der Waals surface area (Å²) >= 11 is 0. The van der Waals surface area contributed by atoms with Crippen LogP contribution in [0, 0.1) is 19.8 Å². The summed E-state index contributed by atoms with van der Waals surface area (Å²) in [6.07, 6.45) is 1.07. The van der Waals surface area contributed by atoms with Crippen molar-refractivity contribution < 1.29 is 0 Å². The molecule has 2 nitrogen and oxygen atoms in total. The minimum absolute atomic E-state index is 0.267. The highest BCUT2D eigenvalue weighted by atomic mass is 15.2. The molecule has 1 aromatic carbocycles. The molecule has 0 amide bonds. The van der Waals surface area contributed by atoms with Gasteiger partial charge in [-0.15, -0.1) is 0 Å². The van der Waals surface area contributed by atoms with Crippen LogP contribution in [0.3, 0.4) is 0 Å². The highest BCUT2D eigenvalue weighted by molar-refractivity contribution is 5.30. The van der Waals surface area contributed by atoms with E-state index in [1.54, 1.807) is 0 Å². The van der Waals surface area contributed by atoms with Crippen LogP contribution in [-0.2, 0) is 0 Å². The Morgan fingerprint density at radius 2 is 1.67 bits per heavy atom. The van der Waals surface area contributed by atoms with Crippen LogP contribution in [0.5, 0.6) is 0 Å². The zero-order chi connectivity index (χ0) is 11.4. The predicted octanol–water partition coefficient (Wildman–Crippen LogP) is 2.85. The minimum Gasteiger partial charge on any atom is -0.271 e.